The second-order valence-electron chi connectivity index (χ2n) is 7.53. The fourth-order valence-electron chi connectivity index (χ4n) is 4.15. The number of imide groups is 1. The maximum Gasteiger partial charge on any atom is 0.521 e. The van der Waals surface area contributed by atoms with Crippen molar-refractivity contribution in [1.82, 2.24) is 0 Å². The third kappa shape index (κ3) is 3.54. The van der Waals surface area contributed by atoms with Crippen LogP contribution in [0, 0.1) is 5.92 Å². The van der Waals surface area contributed by atoms with Crippen molar-refractivity contribution < 1.29 is 19.2 Å². The van der Waals surface area contributed by atoms with Gasteiger partial charge in [0.25, 0.3) is 0 Å². The number of amides is 2. The Bertz CT molecular complexity index is 821. The summed E-state index contributed by atoms with van der Waals surface area (Å²) in [5, 5.41) is 9.93. The van der Waals surface area contributed by atoms with Crippen molar-refractivity contribution in [3.63, 3.8) is 0 Å². The lowest BCUT2D eigenvalue weighted by atomic mass is 9.94. The fourth-order valence-corrected chi connectivity index (χ4v) is 4.31. The number of hydrogen-bond acceptors (Lipinski definition) is 3. The molecule has 2 aromatic rings. The Morgan fingerprint density at radius 1 is 1.11 bits per heavy atom. The second kappa shape index (κ2) is 7.87. The molecular formula is C22H26NO3S+. The number of quaternary nitrogens is 1. The average Bonchev–Trinajstić information content (AvgIpc) is 3.06. The summed E-state index contributed by atoms with van der Waals surface area (Å²) >= 11 is 4.20. The molecule has 2 amide bonds. The highest BCUT2D eigenvalue weighted by atomic mass is 32.1. The lowest BCUT2D eigenvalue weighted by molar-refractivity contribution is -0.794. The molecule has 1 aliphatic rings. The number of carbonyl (C=O) groups is 2. The van der Waals surface area contributed by atoms with Crippen LogP contribution in [0.15, 0.2) is 54.6 Å². The van der Waals surface area contributed by atoms with Crippen LogP contribution in [0.3, 0.4) is 0 Å². The van der Waals surface area contributed by atoms with Gasteiger partial charge in [0.05, 0.1) is 5.92 Å². The molecule has 0 aliphatic carbocycles. The fraction of sp³-hybridized carbons (Fsp3) is 0.364. The molecule has 0 aromatic heterocycles. The number of thiol groups is 1. The summed E-state index contributed by atoms with van der Waals surface area (Å²) in [6.45, 7) is 3.93. The van der Waals surface area contributed by atoms with Gasteiger partial charge in [-0.1, -0.05) is 54.6 Å². The summed E-state index contributed by atoms with van der Waals surface area (Å²) in [6, 6.07) is 18.2. The van der Waals surface area contributed by atoms with Gasteiger partial charge >= 0.3 is 12.0 Å². The number of carbonyl (C=O) groups excluding carboxylic acids is 1. The number of benzene rings is 2. The zero-order valence-electron chi connectivity index (χ0n) is 15.7. The van der Waals surface area contributed by atoms with Crippen LogP contribution in [0.5, 0.6) is 0 Å². The van der Waals surface area contributed by atoms with Gasteiger partial charge in [0.15, 0.2) is 0 Å². The minimum Gasteiger partial charge on any atom is -0.435 e. The van der Waals surface area contributed by atoms with Crippen molar-refractivity contribution in [2.45, 2.75) is 32.2 Å². The molecular weight excluding hydrogens is 358 g/mol. The van der Waals surface area contributed by atoms with Crippen LogP contribution >= 0.6 is 12.6 Å². The Kier molecular flexibility index (Phi) is 5.72. The summed E-state index contributed by atoms with van der Waals surface area (Å²) in [6.07, 6.45) is -0.369. The van der Waals surface area contributed by atoms with Crippen LogP contribution in [0.2, 0.25) is 0 Å². The quantitative estimate of drug-likeness (QED) is 0.587. The number of carboxylic acid groups (broad SMARTS) is 1. The van der Waals surface area contributed by atoms with Crippen LogP contribution in [-0.4, -0.2) is 39.9 Å². The van der Waals surface area contributed by atoms with E-state index in [1.807, 2.05) is 25.1 Å². The Morgan fingerprint density at radius 3 is 2.26 bits per heavy atom. The highest BCUT2D eigenvalue weighted by Crippen LogP contribution is 2.39. The van der Waals surface area contributed by atoms with E-state index in [1.54, 1.807) is 6.92 Å². The molecule has 1 fully saturated rings. The predicted molar refractivity (Wildman–Crippen MR) is 110 cm³/mol. The van der Waals surface area contributed by atoms with Gasteiger partial charge in [-0.05, 0) is 30.5 Å². The molecule has 0 radical (unpaired) electrons. The summed E-state index contributed by atoms with van der Waals surface area (Å²) < 4.78 is -0.493. The van der Waals surface area contributed by atoms with Crippen molar-refractivity contribution in [3.8, 4) is 11.1 Å². The van der Waals surface area contributed by atoms with Gasteiger partial charge in [0.1, 0.15) is 12.6 Å². The van der Waals surface area contributed by atoms with E-state index in [-0.39, 0.29) is 23.8 Å². The zero-order valence-corrected chi connectivity index (χ0v) is 16.6. The summed E-state index contributed by atoms with van der Waals surface area (Å²) in [4.78, 5) is 25.0. The molecule has 5 heteroatoms. The summed E-state index contributed by atoms with van der Waals surface area (Å²) in [7, 11) is 0. The van der Waals surface area contributed by atoms with E-state index >= 15 is 0 Å². The molecule has 1 N–H and O–H groups in total. The third-order valence-corrected chi connectivity index (χ3v) is 6.35. The van der Waals surface area contributed by atoms with Gasteiger partial charge in [-0.25, -0.2) is 4.79 Å². The molecule has 4 nitrogen and oxygen atoms in total. The highest BCUT2D eigenvalue weighted by Gasteiger charge is 2.57. The normalized spacial score (nSPS) is 25.9. The zero-order chi connectivity index (χ0) is 19.6. The van der Waals surface area contributed by atoms with Crippen LogP contribution in [0.1, 0.15) is 31.7 Å². The average molecular weight is 385 g/mol. The third-order valence-electron chi connectivity index (χ3n) is 5.81. The molecule has 4 atom stereocenters. The number of hydrogen-bond donors (Lipinski definition) is 2. The van der Waals surface area contributed by atoms with Gasteiger partial charge in [-0.3, -0.25) is 0 Å². The maximum absolute atomic E-state index is 12.9. The Hall–Kier alpha value is -2.11. The van der Waals surface area contributed by atoms with Crippen molar-refractivity contribution in [1.29, 1.82) is 0 Å². The maximum atomic E-state index is 12.9. The smallest absolute Gasteiger partial charge is 0.435 e. The van der Waals surface area contributed by atoms with Gasteiger partial charge in [0.2, 0.25) is 0 Å². The molecule has 2 unspecified atom stereocenters. The highest BCUT2D eigenvalue weighted by molar-refractivity contribution is 7.80. The largest absolute Gasteiger partial charge is 0.521 e. The molecule has 2 aromatic carbocycles. The van der Waals surface area contributed by atoms with Crippen LogP contribution in [0.4, 0.5) is 4.79 Å². The standard InChI is InChI=1S/C22H25NO3S/c1-15(14-27)21(24)23(22(25)26)13-20(12-16(23)2)19-10-8-18(9-11-19)17-6-4-3-5-7-17/h3-11,15-16,20H,12-14H2,1-2H3,(H-,25,26,27)/p+1/t15?,16?,20-,23-/m0/s1. The SMILES string of the molecule is CC(CS)C(=O)[N@+]1(C(=O)O)C[C@@H](c2ccc(-c3ccccc3)cc2)CC1C. The molecule has 142 valence electrons. The molecule has 3 rings (SSSR count). The van der Waals surface area contributed by atoms with E-state index in [0.29, 0.717) is 18.7 Å². The first kappa shape index (κ1) is 19.6. The van der Waals surface area contributed by atoms with Gasteiger partial charge < -0.3 is 5.11 Å². The number of nitrogens with zero attached hydrogens (tertiary/aromatic N) is 1. The number of rotatable bonds is 4. The van der Waals surface area contributed by atoms with Crippen molar-refractivity contribution in [2.75, 3.05) is 12.3 Å². The van der Waals surface area contributed by atoms with E-state index in [0.717, 1.165) is 16.7 Å². The summed E-state index contributed by atoms with van der Waals surface area (Å²) in [5.74, 6) is -0.216. The van der Waals surface area contributed by atoms with Crippen LogP contribution in [-0.2, 0) is 4.79 Å². The Morgan fingerprint density at radius 2 is 1.70 bits per heavy atom. The van der Waals surface area contributed by atoms with E-state index < -0.39 is 10.6 Å². The Balaban J connectivity index is 1.87. The molecule has 1 heterocycles. The van der Waals surface area contributed by atoms with Crippen molar-refractivity contribution >= 4 is 24.6 Å². The van der Waals surface area contributed by atoms with Gasteiger partial charge in [-0.2, -0.15) is 21.9 Å². The summed E-state index contributed by atoms with van der Waals surface area (Å²) in [5.41, 5.74) is 3.37. The van der Waals surface area contributed by atoms with E-state index in [4.69, 9.17) is 0 Å². The topological polar surface area (TPSA) is 54.4 Å². The van der Waals surface area contributed by atoms with E-state index in [9.17, 15) is 14.7 Å². The van der Waals surface area contributed by atoms with E-state index in [1.165, 1.54) is 0 Å². The molecule has 0 spiro atoms. The lowest BCUT2D eigenvalue weighted by Gasteiger charge is -2.31. The van der Waals surface area contributed by atoms with Crippen LogP contribution in [0.25, 0.3) is 11.1 Å². The molecule has 0 saturated carbocycles. The monoisotopic (exact) mass is 384 g/mol. The first-order valence-electron chi connectivity index (χ1n) is 9.32. The lowest BCUT2D eigenvalue weighted by Crippen LogP contribution is -2.60. The Labute approximate surface area is 165 Å². The van der Waals surface area contributed by atoms with E-state index in [2.05, 4.69) is 49.0 Å². The minimum atomic E-state index is -1.05. The molecule has 0 bridgehead atoms. The minimum absolute atomic E-state index is 0.0528. The first-order chi connectivity index (χ1) is 12.9. The van der Waals surface area contributed by atoms with Crippen molar-refractivity contribution in [3.05, 3.63) is 60.2 Å². The van der Waals surface area contributed by atoms with Gasteiger partial charge in [0, 0.05) is 18.1 Å². The van der Waals surface area contributed by atoms with Crippen LogP contribution < -0.4 is 0 Å². The second-order valence-corrected chi connectivity index (χ2v) is 7.89. The predicted octanol–water partition coefficient (Wildman–Crippen LogP) is 4.82. The molecule has 1 aliphatic heterocycles. The molecule has 27 heavy (non-hydrogen) atoms. The molecule has 1 saturated heterocycles. The first-order valence-corrected chi connectivity index (χ1v) is 9.95. The van der Waals surface area contributed by atoms with Gasteiger partial charge in [-0.15, -0.1) is 0 Å². The van der Waals surface area contributed by atoms with Crippen molar-refractivity contribution in [2.24, 2.45) is 5.92 Å². The number of likely N-dealkylation sites (tertiary alicyclic amines) is 1.